The van der Waals surface area contributed by atoms with Crippen LogP contribution in [0.15, 0.2) is 24.3 Å². The highest BCUT2D eigenvalue weighted by atomic mass is 16.5. The zero-order valence-electron chi connectivity index (χ0n) is 8.60. The Balaban J connectivity index is 2.46. The first-order valence-electron chi connectivity index (χ1n) is 4.72. The monoisotopic (exact) mass is 210 g/mol. The molecule has 4 nitrogen and oxygen atoms in total. The minimum atomic E-state index is -0.339. The molecule has 82 valence electrons. The molecule has 0 fully saturated rings. The van der Waals surface area contributed by atoms with Crippen molar-refractivity contribution in [1.29, 1.82) is 0 Å². The van der Waals surface area contributed by atoms with Crippen LogP contribution in [0.5, 0.6) is 11.5 Å². The summed E-state index contributed by atoms with van der Waals surface area (Å²) in [7, 11) is 1.57. The Morgan fingerprint density at radius 1 is 1.27 bits per heavy atom. The van der Waals surface area contributed by atoms with Crippen molar-refractivity contribution in [1.82, 2.24) is 0 Å². The zero-order chi connectivity index (χ0) is 11.1. The lowest BCUT2D eigenvalue weighted by Crippen LogP contribution is -2.08. The number of carbonyl (C=O) groups excluding carboxylic acids is 1. The van der Waals surface area contributed by atoms with Gasteiger partial charge in [0, 0.05) is 13.0 Å². The van der Waals surface area contributed by atoms with E-state index in [0.717, 1.165) is 0 Å². The number of benzene rings is 1. The lowest BCUT2D eigenvalue weighted by atomic mass is 10.3. The molecule has 0 aliphatic heterocycles. The average molecular weight is 210 g/mol. The van der Waals surface area contributed by atoms with Crippen molar-refractivity contribution in [2.45, 2.75) is 12.8 Å². The third-order valence-corrected chi connectivity index (χ3v) is 1.83. The number of hydrogen-bond acceptors (Lipinski definition) is 4. The van der Waals surface area contributed by atoms with E-state index in [9.17, 15) is 4.79 Å². The van der Waals surface area contributed by atoms with Gasteiger partial charge in [-0.05, 0) is 30.7 Å². The van der Waals surface area contributed by atoms with Crippen molar-refractivity contribution in [3.63, 3.8) is 0 Å². The molecule has 0 aliphatic rings. The topological polar surface area (TPSA) is 55.8 Å². The number of methoxy groups -OCH3 is 1. The summed E-state index contributed by atoms with van der Waals surface area (Å²) in [6.07, 6.45) is 0.650. The molecule has 0 aromatic heterocycles. The number of esters is 1. The van der Waals surface area contributed by atoms with Gasteiger partial charge >= 0.3 is 5.97 Å². The third kappa shape index (κ3) is 3.99. The van der Waals surface area contributed by atoms with E-state index in [2.05, 4.69) is 0 Å². The molecule has 1 rings (SSSR count). The van der Waals surface area contributed by atoms with Crippen LogP contribution in [0.4, 0.5) is 0 Å². The van der Waals surface area contributed by atoms with Crippen LogP contribution in [0.1, 0.15) is 12.8 Å². The summed E-state index contributed by atoms with van der Waals surface area (Å²) in [5, 5.41) is 8.53. The highest BCUT2D eigenvalue weighted by molar-refractivity contribution is 5.72. The predicted octanol–water partition coefficient (Wildman–Crippen LogP) is 1.37. The van der Waals surface area contributed by atoms with Crippen molar-refractivity contribution in [3.05, 3.63) is 24.3 Å². The maximum Gasteiger partial charge on any atom is 0.311 e. The van der Waals surface area contributed by atoms with Gasteiger partial charge in [0.1, 0.15) is 11.5 Å². The number of ether oxygens (including phenoxy) is 2. The van der Waals surface area contributed by atoms with E-state index in [0.29, 0.717) is 17.9 Å². The standard InChI is InChI=1S/C11H14O4/c1-14-9-4-6-10(7-5-9)15-11(13)3-2-8-12/h4-7,12H,2-3,8H2,1H3. The van der Waals surface area contributed by atoms with E-state index in [-0.39, 0.29) is 19.0 Å². The van der Waals surface area contributed by atoms with Gasteiger partial charge in [0.05, 0.1) is 7.11 Å². The zero-order valence-corrected chi connectivity index (χ0v) is 8.60. The van der Waals surface area contributed by atoms with Gasteiger partial charge < -0.3 is 14.6 Å². The smallest absolute Gasteiger partial charge is 0.311 e. The van der Waals surface area contributed by atoms with Crippen molar-refractivity contribution >= 4 is 5.97 Å². The second-order valence-electron chi connectivity index (χ2n) is 2.98. The first-order chi connectivity index (χ1) is 7.26. The maximum atomic E-state index is 11.2. The van der Waals surface area contributed by atoms with Gasteiger partial charge in [-0.15, -0.1) is 0 Å². The first kappa shape index (κ1) is 11.5. The summed E-state index contributed by atoms with van der Waals surface area (Å²) in [5.41, 5.74) is 0. The van der Waals surface area contributed by atoms with Gasteiger partial charge in [0.15, 0.2) is 0 Å². The van der Waals surface area contributed by atoms with E-state index in [1.165, 1.54) is 0 Å². The Kier molecular flexibility index (Phi) is 4.63. The summed E-state index contributed by atoms with van der Waals surface area (Å²) in [6, 6.07) is 6.76. The fourth-order valence-electron chi connectivity index (χ4n) is 1.05. The van der Waals surface area contributed by atoms with Gasteiger partial charge in [0.25, 0.3) is 0 Å². The number of aliphatic hydroxyl groups is 1. The molecule has 0 spiro atoms. The van der Waals surface area contributed by atoms with Crippen molar-refractivity contribution in [2.75, 3.05) is 13.7 Å². The van der Waals surface area contributed by atoms with Gasteiger partial charge in [0.2, 0.25) is 0 Å². The van der Waals surface area contributed by atoms with E-state index < -0.39 is 0 Å². The normalized spacial score (nSPS) is 9.73. The molecule has 0 aliphatic carbocycles. The SMILES string of the molecule is COc1ccc(OC(=O)CCCO)cc1. The molecule has 15 heavy (non-hydrogen) atoms. The van der Waals surface area contributed by atoms with Crippen LogP contribution in [0.25, 0.3) is 0 Å². The molecule has 1 N–H and O–H groups in total. The van der Waals surface area contributed by atoms with E-state index in [4.69, 9.17) is 14.6 Å². The quantitative estimate of drug-likeness (QED) is 0.589. The molecule has 1 aromatic carbocycles. The van der Waals surface area contributed by atoms with Gasteiger partial charge in [-0.25, -0.2) is 0 Å². The van der Waals surface area contributed by atoms with Gasteiger partial charge in [-0.3, -0.25) is 4.79 Å². The fraction of sp³-hybridized carbons (Fsp3) is 0.364. The third-order valence-electron chi connectivity index (χ3n) is 1.83. The Morgan fingerprint density at radius 3 is 2.40 bits per heavy atom. The number of rotatable bonds is 5. The summed E-state index contributed by atoms with van der Waals surface area (Å²) < 4.78 is 9.98. The molecule has 0 bridgehead atoms. The largest absolute Gasteiger partial charge is 0.497 e. The Labute approximate surface area is 88.4 Å². The first-order valence-corrected chi connectivity index (χ1v) is 4.72. The maximum absolute atomic E-state index is 11.2. The molecule has 0 heterocycles. The minimum absolute atomic E-state index is 0.00227. The second kappa shape index (κ2) is 6.03. The van der Waals surface area contributed by atoms with Crippen molar-refractivity contribution in [3.8, 4) is 11.5 Å². The highest BCUT2D eigenvalue weighted by Gasteiger charge is 2.03. The van der Waals surface area contributed by atoms with E-state index in [1.807, 2.05) is 0 Å². The average Bonchev–Trinajstić information content (AvgIpc) is 2.27. The lowest BCUT2D eigenvalue weighted by molar-refractivity contribution is -0.134. The summed E-state index contributed by atoms with van der Waals surface area (Å²) in [5.74, 6) is 0.859. The van der Waals surface area contributed by atoms with Crippen LogP contribution in [0, 0.1) is 0 Å². The van der Waals surface area contributed by atoms with Gasteiger partial charge in [-0.1, -0.05) is 0 Å². The molecule has 0 saturated carbocycles. The molecule has 4 heteroatoms. The molecule has 1 aromatic rings. The second-order valence-corrected chi connectivity index (χ2v) is 2.98. The van der Waals surface area contributed by atoms with Crippen LogP contribution >= 0.6 is 0 Å². The Hall–Kier alpha value is -1.55. The molecular weight excluding hydrogens is 196 g/mol. The van der Waals surface area contributed by atoms with E-state index >= 15 is 0 Å². The predicted molar refractivity (Wildman–Crippen MR) is 54.9 cm³/mol. The lowest BCUT2D eigenvalue weighted by Gasteiger charge is -2.04. The fourth-order valence-corrected chi connectivity index (χ4v) is 1.05. The van der Waals surface area contributed by atoms with E-state index in [1.54, 1.807) is 31.4 Å². The summed E-state index contributed by atoms with van der Waals surface area (Å²) in [6.45, 7) is -0.00227. The highest BCUT2D eigenvalue weighted by Crippen LogP contribution is 2.17. The van der Waals surface area contributed by atoms with Crippen LogP contribution in [0.3, 0.4) is 0 Å². The summed E-state index contributed by atoms with van der Waals surface area (Å²) >= 11 is 0. The van der Waals surface area contributed by atoms with Crippen LogP contribution in [-0.4, -0.2) is 24.8 Å². The van der Waals surface area contributed by atoms with Gasteiger partial charge in [-0.2, -0.15) is 0 Å². The molecule has 0 atom stereocenters. The number of carbonyl (C=O) groups is 1. The minimum Gasteiger partial charge on any atom is -0.497 e. The molecule has 0 radical (unpaired) electrons. The number of aliphatic hydroxyl groups excluding tert-OH is 1. The van der Waals surface area contributed by atoms with Crippen molar-refractivity contribution < 1.29 is 19.4 Å². The van der Waals surface area contributed by atoms with Crippen LogP contribution in [0.2, 0.25) is 0 Å². The Morgan fingerprint density at radius 2 is 1.87 bits per heavy atom. The molecule has 0 amide bonds. The van der Waals surface area contributed by atoms with Crippen molar-refractivity contribution in [2.24, 2.45) is 0 Å². The molecular formula is C11H14O4. The molecule has 0 saturated heterocycles. The van der Waals surface area contributed by atoms with Crippen LogP contribution in [-0.2, 0) is 4.79 Å². The van der Waals surface area contributed by atoms with Crippen LogP contribution < -0.4 is 9.47 Å². The summed E-state index contributed by atoms with van der Waals surface area (Å²) in [4.78, 5) is 11.2. The number of hydrogen-bond donors (Lipinski definition) is 1. The Bertz CT molecular complexity index is 305. The molecule has 0 unspecified atom stereocenters.